The predicted octanol–water partition coefficient (Wildman–Crippen LogP) is 4.80. The molecule has 3 aliphatic heterocycles. The van der Waals surface area contributed by atoms with Crippen molar-refractivity contribution in [1.29, 1.82) is 0 Å². The largest absolute Gasteiger partial charge is 0.466 e. The zero-order chi connectivity index (χ0) is 33.5. The Hall–Kier alpha value is -4.57. The fourth-order valence-corrected chi connectivity index (χ4v) is 7.76. The van der Waals surface area contributed by atoms with Gasteiger partial charge in [0, 0.05) is 82.9 Å². The Bertz CT molecular complexity index is 1980. The quantitative estimate of drug-likeness (QED) is 0.203. The van der Waals surface area contributed by atoms with Crippen molar-refractivity contribution in [3.05, 3.63) is 91.9 Å². The number of anilines is 1. The Kier molecular flexibility index (Phi) is 8.76. The summed E-state index contributed by atoms with van der Waals surface area (Å²) in [6.07, 6.45) is 4.83. The average Bonchev–Trinajstić information content (AvgIpc) is 3.85. The number of aromatic nitrogens is 3. The Morgan fingerprint density at radius 3 is 2.77 bits per heavy atom. The number of thiazole rings is 2. The molecule has 12 nitrogen and oxygen atoms in total. The number of ether oxygens (including phenoxy) is 1. The molecule has 3 aliphatic rings. The summed E-state index contributed by atoms with van der Waals surface area (Å²) >= 11 is 9.24. The van der Waals surface area contributed by atoms with Crippen molar-refractivity contribution in [3.63, 3.8) is 0 Å². The maximum Gasteiger partial charge on any atom is 0.338 e. The molecule has 0 saturated carbocycles. The number of aliphatic imine (C=N–C) groups is 1. The fourth-order valence-electron chi connectivity index (χ4n) is 6.06. The Morgan fingerprint density at radius 1 is 1.17 bits per heavy atom. The number of urea groups is 1. The van der Waals surface area contributed by atoms with Crippen LogP contribution in [0.4, 0.5) is 14.3 Å². The number of amides is 2. The molecule has 4 aromatic rings. The van der Waals surface area contributed by atoms with E-state index in [1.165, 1.54) is 61.1 Å². The minimum absolute atomic E-state index is 0.0877. The lowest BCUT2D eigenvalue weighted by molar-refractivity contribution is -0.136. The number of fused-ring (bicyclic) bond motifs is 1. The molecule has 1 N–H and O–H groups in total. The number of carbonyl (C=O) groups is 3. The van der Waals surface area contributed by atoms with Crippen molar-refractivity contribution < 1.29 is 23.5 Å². The summed E-state index contributed by atoms with van der Waals surface area (Å²) in [5, 5.41) is 8.33. The van der Waals surface area contributed by atoms with Gasteiger partial charge >= 0.3 is 12.0 Å². The summed E-state index contributed by atoms with van der Waals surface area (Å²) in [4.78, 5) is 62.5. The van der Waals surface area contributed by atoms with E-state index in [1.54, 1.807) is 23.4 Å². The van der Waals surface area contributed by atoms with Crippen LogP contribution in [0.1, 0.15) is 33.9 Å². The zero-order valence-electron chi connectivity index (χ0n) is 25.7. The fraction of sp³-hybridized carbons (Fsp3) is 0.281. The molecule has 246 valence electrons. The number of hydrogen-bond acceptors (Lipinski definition) is 12. The topological polar surface area (TPSA) is 133 Å². The molecule has 2 saturated heterocycles. The van der Waals surface area contributed by atoms with Crippen molar-refractivity contribution in [2.45, 2.75) is 19.0 Å². The molecule has 3 aromatic heterocycles. The molecule has 0 radical (unpaired) electrons. The van der Waals surface area contributed by atoms with Crippen LogP contribution in [0.25, 0.3) is 11.3 Å². The molecule has 16 heteroatoms. The highest BCUT2D eigenvalue weighted by molar-refractivity contribution is 7.14. The highest BCUT2D eigenvalue weighted by Gasteiger charge is 2.43. The summed E-state index contributed by atoms with van der Waals surface area (Å²) < 4.78 is 19.2. The lowest BCUT2D eigenvalue weighted by Gasteiger charge is -2.38. The van der Waals surface area contributed by atoms with Gasteiger partial charge in [-0.1, -0.05) is 17.7 Å². The molecule has 0 spiro atoms. The minimum Gasteiger partial charge on any atom is -0.466 e. The van der Waals surface area contributed by atoms with Crippen molar-refractivity contribution in [2.24, 2.45) is 4.99 Å². The van der Waals surface area contributed by atoms with Crippen LogP contribution >= 0.6 is 34.3 Å². The third-order valence-corrected chi connectivity index (χ3v) is 10.4. The van der Waals surface area contributed by atoms with Gasteiger partial charge in [-0.2, -0.15) is 0 Å². The molecule has 1 aromatic carbocycles. The van der Waals surface area contributed by atoms with E-state index < -0.39 is 17.8 Å². The van der Waals surface area contributed by atoms with Crippen LogP contribution in [0, 0.1) is 5.82 Å². The van der Waals surface area contributed by atoms with Gasteiger partial charge in [-0.15, -0.1) is 22.7 Å². The zero-order valence-corrected chi connectivity index (χ0v) is 28.1. The van der Waals surface area contributed by atoms with Crippen LogP contribution in [0.15, 0.2) is 69.9 Å². The second-order valence-corrected chi connectivity index (χ2v) is 13.5. The van der Waals surface area contributed by atoms with Gasteiger partial charge in [0.15, 0.2) is 21.8 Å². The van der Waals surface area contributed by atoms with Crippen LogP contribution < -0.4 is 10.2 Å². The Labute approximate surface area is 287 Å². The van der Waals surface area contributed by atoms with Crippen molar-refractivity contribution in [1.82, 2.24) is 30.1 Å². The number of methoxy groups -OCH3 is 1. The van der Waals surface area contributed by atoms with E-state index in [0.29, 0.717) is 76.8 Å². The van der Waals surface area contributed by atoms with E-state index in [-0.39, 0.29) is 28.5 Å². The van der Waals surface area contributed by atoms with E-state index in [2.05, 4.69) is 20.2 Å². The number of pyridine rings is 1. The summed E-state index contributed by atoms with van der Waals surface area (Å²) in [5.74, 6) is -0.719. The number of rotatable bonds is 8. The van der Waals surface area contributed by atoms with Gasteiger partial charge in [-0.3, -0.25) is 24.6 Å². The monoisotopic (exact) mass is 706 g/mol. The van der Waals surface area contributed by atoms with E-state index in [0.717, 1.165) is 0 Å². The molecule has 7 rings (SSSR count). The van der Waals surface area contributed by atoms with Crippen molar-refractivity contribution in [3.8, 4) is 11.3 Å². The molecule has 48 heavy (non-hydrogen) atoms. The minimum atomic E-state index is -0.865. The maximum atomic E-state index is 14.0. The number of hydrogen-bond donors (Lipinski definition) is 1. The van der Waals surface area contributed by atoms with Crippen LogP contribution in [0.3, 0.4) is 0 Å². The third-order valence-electron chi connectivity index (χ3n) is 8.41. The second-order valence-electron chi connectivity index (χ2n) is 11.4. The summed E-state index contributed by atoms with van der Waals surface area (Å²) in [6.45, 7) is 3.81. The number of nitrogens with zero attached hydrogens (tertiary/aromatic N) is 7. The number of amidine groups is 1. The van der Waals surface area contributed by atoms with Gasteiger partial charge in [0.1, 0.15) is 11.9 Å². The van der Waals surface area contributed by atoms with Gasteiger partial charge in [0.2, 0.25) is 0 Å². The molecule has 6 heterocycles. The number of esters is 1. The van der Waals surface area contributed by atoms with Crippen LogP contribution in [-0.4, -0.2) is 94.2 Å². The van der Waals surface area contributed by atoms with Crippen LogP contribution in [-0.2, 0) is 9.53 Å². The van der Waals surface area contributed by atoms with Gasteiger partial charge in [0.25, 0.3) is 0 Å². The molecule has 0 unspecified atom stereocenters. The van der Waals surface area contributed by atoms with Gasteiger partial charge in [-0.25, -0.2) is 23.9 Å². The Balaban J connectivity index is 1.14. The van der Waals surface area contributed by atoms with Gasteiger partial charge in [-0.05, 0) is 25.1 Å². The first-order valence-electron chi connectivity index (χ1n) is 14.9. The number of ketones is 1. The number of nitrogens with one attached hydrogen (secondary N) is 1. The second kappa shape index (κ2) is 13.1. The van der Waals surface area contributed by atoms with Crippen molar-refractivity contribution in [2.75, 3.05) is 44.7 Å². The number of carbonyl (C=O) groups excluding carboxylic acids is 3. The van der Waals surface area contributed by atoms with Gasteiger partial charge < -0.3 is 15.0 Å². The third kappa shape index (κ3) is 6.09. The Morgan fingerprint density at radius 2 is 2.02 bits per heavy atom. The first-order chi connectivity index (χ1) is 23.2. The molecular formula is C32H28ClFN8O4S2. The molecule has 0 bridgehead atoms. The number of benzene rings is 1. The van der Waals surface area contributed by atoms with Crippen LogP contribution in [0.2, 0.25) is 5.02 Å². The van der Waals surface area contributed by atoms with E-state index in [4.69, 9.17) is 26.3 Å². The van der Waals surface area contributed by atoms with Gasteiger partial charge in [0.05, 0.1) is 31.0 Å². The first-order valence-corrected chi connectivity index (χ1v) is 17.1. The van der Waals surface area contributed by atoms with Crippen LogP contribution in [0.5, 0.6) is 0 Å². The highest BCUT2D eigenvalue weighted by Crippen LogP contribution is 2.37. The molecular weight excluding hydrogens is 679 g/mol. The predicted molar refractivity (Wildman–Crippen MR) is 180 cm³/mol. The molecule has 2 fully saturated rings. The lowest BCUT2D eigenvalue weighted by atomic mass is 9.95. The lowest BCUT2D eigenvalue weighted by Crippen LogP contribution is -2.53. The summed E-state index contributed by atoms with van der Waals surface area (Å²) in [7, 11) is 1.30. The SMILES string of the molecule is COC(=O)C1=C(CN2CCN3C(=O)N(c4nc(-c5cncc(C(C)=O)c5)cs4)C[C@@H]3C2)NC(c2nccs2)=N[C@H]1c1ccc(F)cc1Cl. The number of piperazine rings is 1. The number of halogens is 2. The molecule has 0 aliphatic carbocycles. The number of Topliss-reactive ketones (excluding diaryl/α,β-unsaturated/α-hetero) is 1. The highest BCUT2D eigenvalue weighted by atomic mass is 35.5. The normalized spacial score (nSPS) is 19.7. The smallest absolute Gasteiger partial charge is 0.338 e. The van der Waals surface area contributed by atoms with E-state index in [9.17, 15) is 18.8 Å². The standard InChI is InChI=1S/C32H28ClFN8O4S2/c1-17(43)18-9-19(12-35-11-18)25-16-48-31(38-25)42-14-21-13-40(6-7-41(21)32(42)45)15-24-26(30(44)46-2)27(22-4-3-20(34)10-23(22)33)39-28(37-24)29-36-5-8-47-29/h3-5,8-12,16,21,27H,6-7,13-15H2,1-2H3,(H,37,39)/t21-,27-/m0/s1. The molecule has 2 amide bonds. The molecule has 2 atom stereocenters. The average molecular weight is 707 g/mol. The van der Waals surface area contributed by atoms with E-state index >= 15 is 0 Å². The van der Waals surface area contributed by atoms with E-state index in [1.807, 2.05) is 15.7 Å². The van der Waals surface area contributed by atoms with Crippen molar-refractivity contribution >= 4 is 63.0 Å². The summed E-state index contributed by atoms with van der Waals surface area (Å²) in [6, 6.07) is 4.64. The maximum absolute atomic E-state index is 14.0. The first kappa shape index (κ1) is 32.0. The summed E-state index contributed by atoms with van der Waals surface area (Å²) in [5.41, 5.74) is 3.12.